The van der Waals surface area contributed by atoms with E-state index in [1.54, 1.807) is 31.3 Å². The number of amides is 2. The number of hydrogen-bond donors (Lipinski definition) is 3. The van der Waals surface area contributed by atoms with Crippen LogP contribution < -0.4 is 16.4 Å². The SMILES string of the molecule is C[C@H](N)C(=O)N[C@@H](Cc1ccccn1)C(=O)N[C@@H](Cc1ccccc1)C(=O)[C@]1(C)CO1. The number of benzene rings is 1. The molecule has 2 amide bonds. The Morgan fingerprint density at radius 2 is 1.68 bits per heavy atom. The van der Waals surface area contributed by atoms with Crippen LogP contribution in [0, 0.1) is 0 Å². The van der Waals surface area contributed by atoms with Crippen molar-refractivity contribution in [1.82, 2.24) is 15.6 Å². The monoisotopic (exact) mass is 424 g/mol. The Kier molecular flexibility index (Phi) is 7.14. The molecule has 4 N–H and O–H groups in total. The number of rotatable bonds is 10. The normalized spacial score (nSPS) is 20.2. The first kappa shape index (κ1) is 22.6. The number of nitrogens with zero attached hydrogens (tertiary/aromatic N) is 1. The zero-order valence-corrected chi connectivity index (χ0v) is 17.7. The summed E-state index contributed by atoms with van der Waals surface area (Å²) < 4.78 is 5.31. The highest BCUT2D eigenvalue weighted by Crippen LogP contribution is 2.29. The maximum Gasteiger partial charge on any atom is 0.243 e. The van der Waals surface area contributed by atoms with E-state index in [2.05, 4.69) is 15.6 Å². The van der Waals surface area contributed by atoms with Gasteiger partial charge < -0.3 is 21.1 Å². The fourth-order valence-electron chi connectivity index (χ4n) is 3.19. The number of ether oxygens (including phenoxy) is 1. The van der Waals surface area contributed by atoms with Crippen LogP contribution in [-0.4, -0.2) is 52.9 Å². The molecular weight excluding hydrogens is 396 g/mol. The molecule has 8 nitrogen and oxygen atoms in total. The van der Waals surface area contributed by atoms with Gasteiger partial charge in [-0.2, -0.15) is 0 Å². The van der Waals surface area contributed by atoms with Crippen molar-refractivity contribution in [1.29, 1.82) is 0 Å². The van der Waals surface area contributed by atoms with Crippen molar-refractivity contribution in [2.45, 2.75) is 50.4 Å². The van der Waals surface area contributed by atoms with Crippen LogP contribution >= 0.6 is 0 Å². The molecule has 1 aromatic heterocycles. The largest absolute Gasteiger partial charge is 0.361 e. The lowest BCUT2D eigenvalue weighted by atomic mass is 9.94. The van der Waals surface area contributed by atoms with Crippen molar-refractivity contribution < 1.29 is 19.1 Å². The van der Waals surface area contributed by atoms with Crippen LogP contribution in [0.3, 0.4) is 0 Å². The van der Waals surface area contributed by atoms with Gasteiger partial charge in [-0.3, -0.25) is 19.4 Å². The van der Waals surface area contributed by atoms with Crippen molar-refractivity contribution in [3.63, 3.8) is 0 Å². The van der Waals surface area contributed by atoms with Gasteiger partial charge in [-0.25, -0.2) is 0 Å². The molecule has 2 heterocycles. The van der Waals surface area contributed by atoms with Crippen LogP contribution in [0.5, 0.6) is 0 Å². The zero-order chi connectivity index (χ0) is 22.4. The fraction of sp³-hybridized carbons (Fsp3) is 0.391. The molecule has 31 heavy (non-hydrogen) atoms. The standard InChI is InChI=1S/C23H28N4O4/c1-15(24)21(29)27-19(13-17-10-6-7-11-25-17)22(30)26-18(20(28)23(2)14-31-23)12-16-8-4-3-5-9-16/h3-11,15,18-19H,12-14,24H2,1-2H3,(H,26,30)(H,27,29)/t15-,18-,19-,23-/m0/s1. The van der Waals surface area contributed by atoms with Crippen LogP contribution in [0.2, 0.25) is 0 Å². The fourth-order valence-corrected chi connectivity index (χ4v) is 3.19. The van der Waals surface area contributed by atoms with E-state index in [9.17, 15) is 14.4 Å². The minimum absolute atomic E-state index is 0.172. The van der Waals surface area contributed by atoms with E-state index in [1.807, 2.05) is 30.3 Å². The average molecular weight is 425 g/mol. The number of aromatic nitrogens is 1. The Labute approximate surface area is 181 Å². The summed E-state index contributed by atoms with van der Waals surface area (Å²) in [6.07, 6.45) is 2.11. The number of epoxide rings is 1. The van der Waals surface area contributed by atoms with Gasteiger partial charge in [0, 0.05) is 18.3 Å². The van der Waals surface area contributed by atoms with Crippen molar-refractivity contribution in [3.8, 4) is 0 Å². The number of carbonyl (C=O) groups excluding carboxylic acids is 3. The number of ketones is 1. The first-order chi connectivity index (χ1) is 14.8. The molecule has 1 fully saturated rings. The van der Waals surface area contributed by atoms with Crippen molar-refractivity contribution in [3.05, 3.63) is 66.0 Å². The summed E-state index contributed by atoms with van der Waals surface area (Å²) in [6, 6.07) is 12.3. The highest BCUT2D eigenvalue weighted by Gasteiger charge is 2.50. The first-order valence-electron chi connectivity index (χ1n) is 10.3. The summed E-state index contributed by atoms with van der Waals surface area (Å²) >= 11 is 0. The number of hydrogen-bond acceptors (Lipinski definition) is 6. The number of carbonyl (C=O) groups is 3. The van der Waals surface area contributed by atoms with Crippen LogP contribution in [0.1, 0.15) is 25.1 Å². The highest BCUT2D eigenvalue weighted by molar-refractivity contribution is 5.98. The third-order valence-corrected chi connectivity index (χ3v) is 5.20. The lowest BCUT2D eigenvalue weighted by molar-refractivity contribution is -0.133. The predicted octanol–water partition coefficient (Wildman–Crippen LogP) is 0.542. The molecule has 0 unspecified atom stereocenters. The molecule has 1 aromatic carbocycles. The summed E-state index contributed by atoms with van der Waals surface area (Å²) in [4.78, 5) is 42.6. The summed E-state index contributed by atoms with van der Waals surface area (Å²) in [5.74, 6) is -1.13. The van der Waals surface area contributed by atoms with E-state index in [0.29, 0.717) is 18.7 Å². The van der Waals surface area contributed by atoms with E-state index in [1.165, 1.54) is 6.92 Å². The smallest absolute Gasteiger partial charge is 0.243 e. The Hall–Kier alpha value is -3.10. The van der Waals surface area contributed by atoms with E-state index in [-0.39, 0.29) is 12.2 Å². The quantitative estimate of drug-likeness (QED) is 0.478. The van der Waals surface area contributed by atoms with Gasteiger partial charge in [0.1, 0.15) is 11.6 Å². The van der Waals surface area contributed by atoms with Gasteiger partial charge in [0.2, 0.25) is 11.8 Å². The lowest BCUT2D eigenvalue weighted by Crippen LogP contribution is -2.56. The van der Waals surface area contributed by atoms with Crippen molar-refractivity contribution in [2.75, 3.05) is 6.61 Å². The van der Waals surface area contributed by atoms with Gasteiger partial charge >= 0.3 is 0 Å². The van der Waals surface area contributed by atoms with E-state index in [4.69, 9.17) is 10.5 Å². The third kappa shape index (κ3) is 6.19. The van der Waals surface area contributed by atoms with Crippen molar-refractivity contribution in [2.24, 2.45) is 5.73 Å². The second kappa shape index (κ2) is 9.80. The van der Waals surface area contributed by atoms with Crippen LogP contribution in [0.15, 0.2) is 54.7 Å². The maximum atomic E-state index is 13.2. The van der Waals surface area contributed by atoms with Crippen LogP contribution in [0.4, 0.5) is 0 Å². The molecule has 4 atom stereocenters. The topological polar surface area (TPSA) is 127 Å². The number of nitrogens with one attached hydrogen (secondary N) is 2. The van der Waals surface area contributed by atoms with Crippen LogP contribution in [0.25, 0.3) is 0 Å². The van der Waals surface area contributed by atoms with Crippen LogP contribution in [-0.2, 0) is 32.0 Å². The molecule has 1 saturated heterocycles. The minimum atomic E-state index is -0.924. The molecule has 2 aromatic rings. The summed E-state index contributed by atoms with van der Waals surface area (Å²) in [6.45, 7) is 3.58. The van der Waals surface area contributed by atoms with E-state index < -0.39 is 35.5 Å². The molecule has 0 saturated carbocycles. The van der Waals surface area contributed by atoms with Gasteiger partial charge in [0.15, 0.2) is 5.78 Å². The molecule has 1 aliphatic heterocycles. The van der Waals surface area contributed by atoms with Gasteiger partial charge in [0.25, 0.3) is 0 Å². The Balaban J connectivity index is 1.79. The highest BCUT2D eigenvalue weighted by atomic mass is 16.6. The number of nitrogens with two attached hydrogens (primary N) is 1. The van der Waals surface area contributed by atoms with E-state index >= 15 is 0 Å². The third-order valence-electron chi connectivity index (χ3n) is 5.20. The average Bonchev–Trinajstić information content (AvgIpc) is 3.52. The molecule has 8 heteroatoms. The van der Waals surface area contributed by atoms with Gasteiger partial charge in [-0.15, -0.1) is 0 Å². The number of Topliss-reactive ketones (excluding diaryl/α,β-unsaturated/α-hetero) is 1. The minimum Gasteiger partial charge on any atom is -0.361 e. The van der Waals surface area contributed by atoms with Gasteiger partial charge in [-0.1, -0.05) is 36.4 Å². The Morgan fingerprint density at radius 3 is 2.26 bits per heavy atom. The first-order valence-corrected chi connectivity index (χ1v) is 10.3. The molecule has 0 radical (unpaired) electrons. The predicted molar refractivity (Wildman–Crippen MR) is 115 cm³/mol. The summed E-state index contributed by atoms with van der Waals surface area (Å²) in [7, 11) is 0. The number of pyridine rings is 1. The molecule has 1 aliphatic rings. The summed E-state index contributed by atoms with van der Waals surface area (Å²) in [5.41, 5.74) is 6.32. The lowest BCUT2D eigenvalue weighted by Gasteiger charge is -2.24. The molecule has 0 bridgehead atoms. The van der Waals surface area contributed by atoms with Crippen molar-refractivity contribution >= 4 is 17.6 Å². The van der Waals surface area contributed by atoms with E-state index in [0.717, 1.165) is 5.56 Å². The second-order valence-electron chi connectivity index (χ2n) is 8.01. The molecule has 0 spiro atoms. The Bertz CT molecular complexity index is 914. The molecule has 0 aliphatic carbocycles. The molecular formula is C23H28N4O4. The summed E-state index contributed by atoms with van der Waals surface area (Å²) in [5, 5.41) is 5.49. The zero-order valence-electron chi connectivity index (χ0n) is 17.7. The van der Waals surface area contributed by atoms with Gasteiger partial charge in [-0.05, 0) is 38.0 Å². The maximum absolute atomic E-state index is 13.2. The Morgan fingerprint density at radius 1 is 1.03 bits per heavy atom. The second-order valence-corrected chi connectivity index (χ2v) is 8.01. The molecule has 3 rings (SSSR count). The molecule has 164 valence electrons. The van der Waals surface area contributed by atoms with Gasteiger partial charge in [0.05, 0.1) is 18.7 Å².